The summed E-state index contributed by atoms with van der Waals surface area (Å²) in [5.74, 6) is 0.705. The van der Waals surface area contributed by atoms with Crippen LogP contribution in [-0.2, 0) is 23.0 Å². The van der Waals surface area contributed by atoms with Crippen molar-refractivity contribution in [2.75, 3.05) is 4.72 Å². The number of anilines is 1. The zero-order chi connectivity index (χ0) is 14.9. The normalized spacial score (nSPS) is 15.1. The number of aryl methyl sites for hydroxylation is 1. The molecule has 0 saturated heterocycles. The summed E-state index contributed by atoms with van der Waals surface area (Å²) in [4.78, 5) is 0.273. The highest BCUT2D eigenvalue weighted by atomic mass is 32.2. The van der Waals surface area contributed by atoms with Gasteiger partial charge in [-0.1, -0.05) is 19.1 Å². The van der Waals surface area contributed by atoms with Gasteiger partial charge in [0.15, 0.2) is 0 Å². The van der Waals surface area contributed by atoms with Gasteiger partial charge in [-0.05, 0) is 42.9 Å². The first-order valence-corrected chi connectivity index (χ1v) is 8.69. The van der Waals surface area contributed by atoms with E-state index in [1.165, 1.54) is 12.8 Å². The molecule has 112 valence electrons. The number of sulfonamides is 1. The third-order valence-corrected chi connectivity index (χ3v) is 5.07. The van der Waals surface area contributed by atoms with Crippen molar-refractivity contribution in [1.29, 1.82) is 0 Å². The minimum atomic E-state index is -3.54. The Bertz CT molecular complexity index is 716. The minimum absolute atomic E-state index is 0.273. The quantitative estimate of drug-likeness (QED) is 0.892. The second-order valence-electron chi connectivity index (χ2n) is 5.50. The van der Waals surface area contributed by atoms with Gasteiger partial charge in [-0.25, -0.2) is 8.42 Å². The van der Waals surface area contributed by atoms with Crippen LogP contribution in [0.1, 0.15) is 25.3 Å². The number of benzene rings is 1. The number of nitrogens with zero attached hydrogens (tertiary/aromatic N) is 2. The molecular weight excluding hydrogens is 286 g/mol. The van der Waals surface area contributed by atoms with Gasteiger partial charge in [0.05, 0.1) is 16.8 Å². The first-order chi connectivity index (χ1) is 10.1. The molecule has 6 heteroatoms. The van der Waals surface area contributed by atoms with E-state index < -0.39 is 10.0 Å². The van der Waals surface area contributed by atoms with Crippen LogP contribution in [0, 0.1) is 5.92 Å². The van der Waals surface area contributed by atoms with Crippen molar-refractivity contribution < 1.29 is 8.42 Å². The van der Waals surface area contributed by atoms with Gasteiger partial charge in [-0.2, -0.15) is 5.10 Å². The largest absolute Gasteiger partial charge is 0.276 e. The molecule has 1 saturated carbocycles. The van der Waals surface area contributed by atoms with E-state index in [-0.39, 0.29) is 4.90 Å². The Morgan fingerprint density at radius 3 is 2.62 bits per heavy atom. The van der Waals surface area contributed by atoms with E-state index in [1.54, 1.807) is 29.2 Å². The van der Waals surface area contributed by atoms with Gasteiger partial charge in [0.1, 0.15) is 0 Å². The molecule has 1 aromatic heterocycles. The SMILES string of the molecule is CCc1ccc(S(=O)(=O)Nc2cnn(CC3CC3)c2)cc1. The van der Waals surface area contributed by atoms with Crippen molar-refractivity contribution in [3.8, 4) is 0 Å². The van der Waals surface area contributed by atoms with Crippen LogP contribution >= 0.6 is 0 Å². The van der Waals surface area contributed by atoms with Crippen LogP contribution in [0.3, 0.4) is 0 Å². The van der Waals surface area contributed by atoms with Crippen molar-refractivity contribution in [1.82, 2.24) is 9.78 Å². The standard InChI is InChI=1S/C15H19N3O2S/c1-2-12-5-7-15(8-6-12)21(19,20)17-14-9-16-18(11-14)10-13-3-4-13/h5-9,11,13,17H,2-4,10H2,1H3. The molecule has 3 rings (SSSR count). The first kappa shape index (κ1) is 14.1. The third kappa shape index (κ3) is 3.44. The second kappa shape index (κ2) is 5.52. The third-order valence-electron chi connectivity index (χ3n) is 3.67. The summed E-state index contributed by atoms with van der Waals surface area (Å²) in [6.07, 6.45) is 6.67. The van der Waals surface area contributed by atoms with Crippen LogP contribution in [0.2, 0.25) is 0 Å². The summed E-state index contributed by atoms with van der Waals surface area (Å²) >= 11 is 0. The Hall–Kier alpha value is -1.82. The lowest BCUT2D eigenvalue weighted by Gasteiger charge is -2.06. The highest BCUT2D eigenvalue weighted by molar-refractivity contribution is 7.92. The average molecular weight is 305 g/mol. The number of nitrogens with one attached hydrogen (secondary N) is 1. The summed E-state index contributed by atoms with van der Waals surface area (Å²) in [7, 11) is -3.54. The van der Waals surface area contributed by atoms with E-state index in [4.69, 9.17) is 0 Å². The molecule has 0 spiro atoms. The van der Waals surface area contributed by atoms with Crippen molar-refractivity contribution in [2.45, 2.75) is 37.6 Å². The van der Waals surface area contributed by atoms with Crippen molar-refractivity contribution in [2.24, 2.45) is 5.92 Å². The smallest absolute Gasteiger partial charge is 0.261 e. The number of hydrogen-bond acceptors (Lipinski definition) is 3. The topological polar surface area (TPSA) is 64.0 Å². The lowest BCUT2D eigenvalue weighted by atomic mass is 10.2. The maximum absolute atomic E-state index is 12.3. The molecule has 1 heterocycles. The molecule has 0 atom stereocenters. The predicted molar refractivity (Wildman–Crippen MR) is 81.6 cm³/mol. The van der Waals surface area contributed by atoms with Gasteiger partial charge >= 0.3 is 0 Å². The summed E-state index contributed by atoms with van der Waals surface area (Å²) in [6, 6.07) is 6.95. The minimum Gasteiger partial charge on any atom is -0.276 e. The fourth-order valence-electron chi connectivity index (χ4n) is 2.20. The summed E-state index contributed by atoms with van der Waals surface area (Å²) < 4.78 is 29.0. The fourth-order valence-corrected chi connectivity index (χ4v) is 3.23. The second-order valence-corrected chi connectivity index (χ2v) is 7.18. The van der Waals surface area contributed by atoms with Crippen LogP contribution in [0.4, 0.5) is 5.69 Å². The maximum Gasteiger partial charge on any atom is 0.261 e. The molecule has 1 N–H and O–H groups in total. The van der Waals surface area contributed by atoms with Crippen LogP contribution < -0.4 is 4.72 Å². The van der Waals surface area contributed by atoms with E-state index in [9.17, 15) is 8.42 Å². The fraction of sp³-hybridized carbons (Fsp3) is 0.400. The number of hydrogen-bond donors (Lipinski definition) is 1. The molecule has 2 aromatic rings. The molecular formula is C15H19N3O2S. The Morgan fingerprint density at radius 2 is 2.00 bits per heavy atom. The van der Waals surface area contributed by atoms with Crippen molar-refractivity contribution in [3.05, 3.63) is 42.2 Å². The Balaban J connectivity index is 1.73. The highest BCUT2D eigenvalue weighted by Crippen LogP contribution is 2.30. The molecule has 21 heavy (non-hydrogen) atoms. The van der Waals surface area contributed by atoms with E-state index in [2.05, 4.69) is 9.82 Å². The van der Waals surface area contributed by atoms with Crippen molar-refractivity contribution >= 4 is 15.7 Å². The zero-order valence-corrected chi connectivity index (χ0v) is 12.8. The van der Waals surface area contributed by atoms with Crippen LogP contribution in [0.15, 0.2) is 41.6 Å². The van der Waals surface area contributed by atoms with Gasteiger partial charge in [0, 0.05) is 12.7 Å². The molecule has 0 radical (unpaired) electrons. The zero-order valence-electron chi connectivity index (χ0n) is 12.0. The van der Waals surface area contributed by atoms with Crippen LogP contribution in [0.25, 0.3) is 0 Å². The van der Waals surface area contributed by atoms with E-state index in [1.807, 2.05) is 19.1 Å². The lowest BCUT2D eigenvalue weighted by Crippen LogP contribution is -2.12. The molecule has 1 fully saturated rings. The van der Waals surface area contributed by atoms with E-state index >= 15 is 0 Å². The van der Waals surface area contributed by atoms with Crippen molar-refractivity contribution in [3.63, 3.8) is 0 Å². The molecule has 1 aromatic carbocycles. The molecule has 0 bridgehead atoms. The molecule has 0 unspecified atom stereocenters. The highest BCUT2D eigenvalue weighted by Gasteiger charge is 2.22. The Labute approximate surface area is 125 Å². The number of rotatable bonds is 6. The number of aromatic nitrogens is 2. The van der Waals surface area contributed by atoms with Gasteiger partial charge < -0.3 is 0 Å². The van der Waals surface area contributed by atoms with Crippen LogP contribution in [-0.4, -0.2) is 18.2 Å². The van der Waals surface area contributed by atoms with E-state index in [0.717, 1.165) is 18.5 Å². The monoisotopic (exact) mass is 305 g/mol. The lowest BCUT2D eigenvalue weighted by molar-refractivity contribution is 0.563. The van der Waals surface area contributed by atoms with Gasteiger partial charge in [-0.3, -0.25) is 9.40 Å². The first-order valence-electron chi connectivity index (χ1n) is 7.21. The molecule has 1 aliphatic rings. The maximum atomic E-state index is 12.3. The molecule has 0 amide bonds. The molecule has 0 aliphatic heterocycles. The van der Waals surface area contributed by atoms with Gasteiger partial charge in [0.2, 0.25) is 0 Å². The van der Waals surface area contributed by atoms with E-state index in [0.29, 0.717) is 11.6 Å². The van der Waals surface area contributed by atoms with Gasteiger partial charge in [-0.15, -0.1) is 0 Å². The summed E-state index contributed by atoms with van der Waals surface area (Å²) in [5, 5.41) is 4.19. The summed E-state index contributed by atoms with van der Waals surface area (Å²) in [5.41, 5.74) is 1.63. The van der Waals surface area contributed by atoms with Crippen LogP contribution in [0.5, 0.6) is 0 Å². The molecule has 1 aliphatic carbocycles. The average Bonchev–Trinajstić information content (AvgIpc) is 3.18. The Morgan fingerprint density at radius 1 is 1.29 bits per heavy atom. The van der Waals surface area contributed by atoms with Gasteiger partial charge in [0.25, 0.3) is 10.0 Å². The molecule has 5 nitrogen and oxygen atoms in total. The summed E-state index contributed by atoms with van der Waals surface area (Å²) in [6.45, 7) is 2.91. The predicted octanol–water partition coefficient (Wildman–Crippen LogP) is 2.66. The Kier molecular flexibility index (Phi) is 3.71.